The summed E-state index contributed by atoms with van der Waals surface area (Å²) in [7, 11) is 0. The number of ketones is 1. The van der Waals surface area contributed by atoms with Crippen molar-refractivity contribution >= 4 is 37.6 Å². The monoisotopic (exact) mass is 308 g/mol. The third kappa shape index (κ3) is 2.22. The van der Waals surface area contributed by atoms with Crippen LogP contribution in [-0.2, 0) is 0 Å². The van der Waals surface area contributed by atoms with E-state index in [1.165, 1.54) is 6.07 Å². The summed E-state index contributed by atoms with van der Waals surface area (Å²) in [6.07, 6.45) is 0. The predicted molar refractivity (Wildman–Crippen MR) is 55.6 cm³/mol. The van der Waals surface area contributed by atoms with E-state index in [1.807, 2.05) is 0 Å². The standard InChI is InChI=1S/C8H6Br2O3/c9-3-8(13)4-1-5(10)7(12)2-6(4)11/h1-2,11-12H,3H2. The molecule has 0 atom stereocenters. The SMILES string of the molecule is O=C(CBr)c1cc(Br)c(O)cc1O. The normalized spacial score (nSPS) is 10.0. The molecule has 5 heteroatoms. The third-order valence-electron chi connectivity index (χ3n) is 1.49. The molecule has 13 heavy (non-hydrogen) atoms. The van der Waals surface area contributed by atoms with Crippen molar-refractivity contribution in [3.63, 3.8) is 0 Å². The molecule has 0 saturated carbocycles. The number of alkyl halides is 1. The molecule has 1 aromatic carbocycles. The van der Waals surface area contributed by atoms with E-state index < -0.39 is 0 Å². The molecule has 0 aromatic heterocycles. The topological polar surface area (TPSA) is 57.5 Å². The van der Waals surface area contributed by atoms with Crippen molar-refractivity contribution in [1.82, 2.24) is 0 Å². The Morgan fingerprint density at radius 1 is 1.31 bits per heavy atom. The van der Waals surface area contributed by atoms with Crippen LogP contribution in [0.5, 0.6) is 11.5 Å². The number of rotatable bonds is 2. The van der Waals surface area contributed by atoms with Gasteiger partial charge in [0.1, 0.15) is 11.5 Å². The zero-order valence-electron chi connectivity index (χ0n) is 6.42. The van der Waals surface area contributed by atoms with Crippen LogP contribution < -0.4 is 0 Å². The number of halogens is 2. The smallest absolute Gasteiger partial charge is 0.177 e. The number of Topliss-reactive ketones (excluding diaryl/α,β-unsaturated/α-hetero) is 1. The second-order valence-corrected chi connectivity index (χ2v) is 3.79. The average Bonchev–Trinajstić information content (AvgIpc) is 2.10. The summed E-state index contributed by atoms with van der Waals surface area (Å²) in [4.78, 5) is 11.2. The van der Waals surface area contributed by atoms with Crippen molar-refractivity contribution < 1.29 is 15.0 Å². The molecule has 0 unspecified atom stereocenters. The second kappa shape index (κ2) is 4.11. The number of carbonyl (C=O) groups is 1. The van der Waals surface area contributed by atoms with E-state index >= 15 is 0 Å². The van der Waals surface area contributed by atoms with Crippen LogP contribution in [0.25, 0.3) is 0 Å². The van der Waals surface area contributed by atoms with Gasteiger partial charge in [0.2, 0.25) is 0 Å². The summed E-state index contributed by atoms with van der Waals surface area (Å²) in [5, 5.41) is 18.6. The summed E-state index contributed by atoms with van der Waals surface area (Å²) in [6, 6.07) is 2.51. The fourth-order valence-corrected chi connectivity index (χ4v) is 1.49. The highest BCUT2D eigenvalue weighted by atomic mass is 79.9. The van der Waals surface area contributed by atoms with Crippen LogP contribution in [0.4, 0.5) is 0 Å². The van der Waals surface area contributed by atoms with Gasteiger partial charge >= 0.3 is 0 Å². The van der Waals surface area contributed by atoms with Crippen molar-refractivity contribution in [1.29, 1.82) is 0 Å². The highest BCUT2D eigenvalue weighted by Crippen LogP contribution is 2.31. The first-order valence-corrected chi connectivity index (χ1v) is 5.28. The molecule has 1 rings (SSSR count). The molecule has 0 aliphatic rings. The summed E-state index contributed by atoms with van der Waals surface area (Å²) in [5.41, 5.74) is 0.182. The van der Waals surface area contributed by atoms with Crippen LogP contribution in [-0.4, -0.2) is 21.3 Å². The molecule has 0 spiro atoms. The Bertz CT molecular complexity index is 349. The fourth-order valence-electron chi connectivity index (χ4n) is 0.846. The van der Waals surface area contributed by atoms with Gasteiger partial charge in [-0.05, 0) is 22.0 Å². The molecule has 2 N–H and O–H groups in total. The Balaban J connectivity index is 3.23. The number of carbonyl (C=O) groups excluding carboxylic acids is 1. The minimum absolute atomic E-state index is 0.0939. The average molecular weight is 310 g/mol. The zero-order valence-corrected chi connectivity index (χ0v) is 9.59. The largest absolute Gasteiger partial charge is 0.507 e. The van der Waals surface area contributed by atoms with Gasteiger partial charge in [0.05, 0.1) is 15.4 Å². The molecule has 1 aromatic rings. The second-order valence-electron chi connectivity index (χ2n) is 2.38. The van der Waals surface area contributed by atoms with Gasteiger partial charge in [0.25, 0.3) is 0 Å². The molecule has 0 amide bonds. The first-order chi connectivity index (χ1) is 6.06. The van der Waals surface area contributed by atoms with Crippen molar-refractivity contribution in [2.24, 2.45) is 0 Å². The summed E-state index contributed by atoms with van der Waals surface area (Å²) < 4.78 is 0.384. The molecule has 70 valence electrons. The third-order valence-corrected chi connectivity index (χ3v) is 2.63. The quantitative estimate of drug-likeness (QED) is 0.651. The minimum Gasteiger partial charge on any atom is -0.507 e. The molecule has 0 saturated heterocycles. The number of phenols is 2. The highest BCUT2D eigenvalue weighted by molar-refractivity contribution is 9.10. The summed E-state index contributed by atoms with van der Waals surface area (Å²) in [6.45, 7) is 0. The van der Waals surface area contributed by atoms with Crippen molar-refractivity contribution in [2.45, 2.75) is 0 Å². The lowest BCUT2D eigenvalue weighted by molar-refractivity contribution is 0.102. The van der Waals surface area contributed by atoms with Crippen LogP contribution in [0.3, 0.4) is 0 Å². The van der Waals surface area contributed by atoms with Gasteiger partial charge in [-0.3, -0.25) is 4.79 Å². The van der Waals surface area contributed by atoms with Gasteiger partial charge in [-0.25, -0.2) is 0 Å². The van der Waals surface area contributed by atoms with Crippen LogP contribution in [0.15, 0.2) is 16.6 Å². The van der Waals surface area contributed by atoms with Crippen LogP contribution in [0.2, 0.25) is 0 Å². The maximum absolute atomic E-state index is 11.2. The van der Waals surface area contributed by atoms with E-state index in [9.17, 15) is 9.90 Å². The number of phenolic OH excluding ortho intramolecular Hbond substituents is 2. The predicted octanol–water partition coefficient (Wildman–Crippen LogP) is 2.44. The van der Waals surface area contributed by atoms with Crippen molar-refractivity contribution in [3.05, 3.63) is 22.2 Å². The van der Waals surface area contributed by atoms with E-state index in [4.69, 9.17) is 5.11 Å². The van der Waals surface area contributed by atoms with Crippen LogP contribution >= 0.6 is 31.9 Å². The summed E-state index contributed by atoms with van der Waals surface area (Å²) in [5.74, 6) is -0.549. The molecule has 0 bridgehead atoms. The number of hydrogen-bond donors (Lipinski definition) is 2. The van der Waals surface area contributed by atoms with Gasteiger partial charge in [0, 0.05) is 6.07 Å². The Kier molecular flexibility index (Phi) is 3.33. The molecule has 0 fully saturated rings. The minimum atomic E-state index is -0.238. The number of hydrogen-bond acceptors (Lipinski definition) is 3. The molecule has 0 radical (unpaired) electrons. The first-order valence-electron chi connectivity index (χ1n) is 3.37. The van der Waals surface area contributed by atoms with E-state index in [2.05, 4.69) is 31.9 Å². The first kappa shape index (κ1) is 10.5. The maximum atomic E-state index is 11.2. The van der Waals surface area contributed by atoms with E-state index in [0.717, 1.165) is 6.07 Å². The Morgan fingerprint density at radius 2 is 1.92 bits per heavy atom. The van der Waals surface area contributed by atoms with Gasteiger partial charge in [-0.2, -0.15) is 0 Å². The Hall–Kier alpha value is -0.550. The molecule has 3 nitrogen and oxygen atoms in total. The van der Waals surface area contributed by atoms with Crippen LogP contribution in [0.1, 0.15) is 10.4 Å². The summed E-state index contributed by atoms with van der Waals surface area (Å²) >= 11 is 6.04. The Labute approximate surface area is 91.6 Å². The molecular weight excluding hydrogens is 304 g/mol. The van der Waals surface area contributed by atoms with Gasteiger partial charge < -0.3 is 10.2 Å². The van der Waals surface area contributed by atoms with Crippen molar-refractivity contribution in [2.75, 3.05) is 5.33 Å². The number of aromatic hydroxyl groups is 2. The lowest BCUT2D eigenvalue weighted by Gasteiger charge is -2.03. The number of benzene rings is 1. The van der Waals surface area contributed by atoms with E-state index in [0.29, 0.717) is 4.47 Å². The molecular formula is C8H6Br2O3. The lowest BCUT2D eigenvalue weighted by atomic mass is 10.1. The maximum Gasteiger partial charge on any atom is 0.177 e. The zero-order chi connectivity index (χ0) is 10.0. The molecule has 0 heterocycles. The van der Waals surface area contributed by atoms with E-state index in [-0.39, 0.29) is 28.2 Å². The van der Waals surface area contributed by atoms with Crippen molar-refractivity contribution in [3.8, 4) is 11.5 Å². The molecule has 0 aliphatic carbocycles. The highest BCUT2D eigenvalue weighted by Gasteiger charge is 2.12. The van der Waals surface area contributed by atoms with Gasteiger partial charge in [-0.1, -0.05) is 15.9 Å². The van der Waals surface area contributed by atoms with Crippen LogP contribution in [0, 0.1) is 0 Å². The molecule has 0 aliphatic heterocycles. The van der Waals surface area contributed by atoms with Gasteiger partial charge in [-0.15, -0.1) is 0 Å². The van der Waals surface area contributed by atoms with E-state index in [1.54, 1.807) is 0 Å². The van der Waals surface area contributed by atoms with Gasteiger partial charge in [0.15, 0.2) is 5.78 Å². The Morgan fingerprint density at radius 3 is 2.46 bits per heavy atom. The lowest BCUT2D eigenvalue weighted by Crippen LogP contribution is -2.00. The fraction of sp³-hybridized carbons (Fsp3) is 0.125.